The van der Waals surface area contributed by atoms with E-state index in [2.05, 4.69) is 31.0 Å². The molecule has 0 N–H and O–H groups in total. The van der Waals surface area contributed by atoms with Crippen LogP contribution in [0.4, 0.5) is 0 Å². The van der Waals surface area contributed by atoms with Crippen molar-refractivity contribution in [3.8, 4) is 5.75 Å². The molecular weight excluding hydrogens is 364 g/mol. The van der Waals surface area contributed by atoms with Gasteiger partial charge in [-0.1, -0.05) is 38.1 Å². The first-order chi connectivity index (χ1) is 14.1. The average molecular weight is 392 g/mol. The molecule has 0 bridgehead atoms. The van der Waals surface area contributed by atoms with E-state index < -0.39 is 0 Å². The molecule has 1 aromatic heterocycles. The van der Waals surface area contributed by atoms with Gasteiger partial charge in [0.05, 0.1) is 18.9 Å². The Labute approximate surface area is 171 Å². The van der Waals surface area contributed by atoms with Crippen LogP contribution in [-0.2, 0) is 4.79 Å². The molecule has 1 fully saturated rings. The van der Waals surface area contributed by atoms with E-state index in [0.29, 0.717) is 25.5 Å². The summed E-state index contributed by atoms with van der Waals surface area (Å²) in [5.41, 5.74) is 2.97. The number of fused-ring (bicyclic) bond motifs is 1. The van der Waals surface area contributed by atoms with Gasteiger partial charge >= 0.3 is 0 Å². The Morgan fingerprint density at radius 3 is 2.76 bits per heavy atom. The zero-order valence-electron chi connectivity index (χ0n) is 17.1. The zero-order chi connectivity index (χ0) is 20.2. The largest absolute Gasteiger partial charge is 0.493 e. The summed E-state index contributed by atoms with van der Waals surface area (Å²) < 4.78 is 11.7. The number of amides is 1. The topological polar surface area (TPSA) is 55.6 Å². The molecule has 1 saturated heterocycles. The molecule has 2 aromatic carbocycles. The van der Waals surface area contributed by atoms with Crippen LogP contribution in [0.3, 0.4) is 0 Å². The van der Waals surface area contributed by atoms with Crippen molar-refractivity contribution < 1.29 is 13.9 Å². The molecule has 5 heteroatoms. The van der Waals surface area contributed by atoms with E-state index in [0.717, 1.165) is 42.1 Å². The van der Waals surface area contributed by atoms with Crippen molar-refractivity contribution >= 4 is 17.0 Å². The molecule has 1 atom stereocenters. The van der Waals surface area contributed by atoms with E-state index in [1.807, 2.05) is 41.3 Å². The Hall–Kier alpha value is -2.82. The summed E-state index contributed by atoms with van der Waals surface area (Å²) in [5.74, 6) is 2.34. The van der Waals surface area contributed by atoms with Crippen LogP contribution in [0.25, 0.3) is 11.1 Å². The number of hydrogen-bond acceptors (Lipinski definition) is 4. The van der Waals surface area contributed by atoms with Crippen molar-refractivity contribution in [2.75, 3.05) is 19.7 Å². The van der Waals surface area contributed by atoms with Gasteiger partial charge in [0.25, 0.3) is 0 Å². The Balaban J connectivity index is 1.30. The SMILES string of the molecule is CC(C)c1ccc(OCCC(=O)N2CCCC(c3nc4ccccc4o3)C2)cc1. The fraction of sp³-hybridized carbons (Fsp3) is 0.417. The fourth-order valence-electron chi connectivity index (χ4n) is 3.83. The van der Waals surface area contributed by atoms with Gasteiger partial charge in [0.1, 0.15) is 11.3 Å². The molecule has 4 rings (SSSR count). The quantitative estimate of drug-likeness (QED) is 0.584. The van der Waals surface area contributed by atoms with Gasteiger partial charge < -0.3 is 14.1 Å². The van der Waals surface area contributed by atoms with Gasteiger partial charge in [-0.15, -0.1) is 0 Å². The maximum absolute atomic E-state index is 12.7. The smallest absolute Gasteiger partial charge is 0.226 e. The summed E-state index contributed by atoms with van der Waals surface area (Å²) >= 11 is 0. The van der Waals surface area contributed by atoms with Crippen LogP contribution in [0.2, 0.25) is 0 Å². The first kappa shape index (κ1) is 19.5. The molecular formula is C24H28N2O3. The van der Waals surface area contributed by atoms with Crippen LogP contribution >= 0.6 is 0 Å². The van der Waals surface area contributed by atoms with E-state index in [1.165, 1.54) is 5.56 Å². The van der Waals surface area contributed by atoms with Crippen LogP contribution in [0.1, 0.15) is 56.4 Å². The van der Waals surface area contributed by atoms with Crippen molar-refractivity contribution in [2.45, 2.75) is 44.9 Å². The molecule has 1 amide bonds. The van der Waals surface area contributed by atoms with E-state index in [9.17, 15) is 4.79 Å². The minimum Gasteiger partial charge on any atom is -0.493 e. The molecule has 0 saturated carbocycles. The van der Waals surface area contributed by atoms with Gasteiger partial charge in [0.2, 0.25) is 5.91 Å². The summed E-state index contributed by atoms with van der Waals surface area (Å²) in [7, 11) is 0. The summed E-state index contributed by atoms with van der Waals surface area (Å²) in [6.45, 7) is 6.18. The van der Waals surface area contributed by atoms with Crippen LogP contribution in [0.5, 0.6) is 5.75 Å². The van der Waals surface area contributed by atoms with Crippen LogP contribution in [0, 0.1) is 0 Å². The highest BCUT2D eigenvalue weighted by atomic mass is 16.5. The monoisotopic (exact) mass is 392 g/mol. The fourth-order valence-corrected chi connectivity index (χ4v) is 3.83. The molecule has 1 aliphatic rings. The molecule has 29 heavy (non-hydrogen) atoms. The number of nitrogens with zero attached hydrogens (tertiary/aromatic N) is 2. The summed E-state index contributed by atoms with van der Waals surface area (Å²) in [5, 5.41) is 0. The zero-order valence-corrected chi connectivity index (χ0v) is 17.1. The Morgan fingerprint density at radius 2 is 2.00 bits per heavy atom. The highest BCUT2D eigenvalue weighted by Crippen LogP contribution is 2.29. The highest BCUT2D eigenvalue weighted by molar-refractivity contribution is 5.76. The lowest BCUT2D eigenvalue weighted by Crippen LogP contribution is -2.39. The second-order valence-corrected chi connectivity index (χ2v) is 8.02. The molecule has 3 aromatic rings. The highest BCUT2D eigenvalue weighted by Gasteiger charge is 2.27. The van der Waals surface area contributed by atoms with E-state index in [4.69, 9.17) is 9.15 Å². The standard InChI is InChI=1S/C24H28N2O3/c1-17(2)18-9-11-20(12-10-18)28-15-13-23(27)26-14-5-6-19(16-26)24-25-21-7-3-4-8-22(21)29-24/h3-4,7-12,17,19H,5-6,13-16H2,1-2H3. The van der Waals surface area contributed by atoms with Crippen molar-refractivity contribution in [2.24, 2.45) is 0 Å². The Bertz CT molecular complexity index is 929. The first-order valence-electron chi connectivity index (χ1n) is 10.5. The van der Waals surface area contributed by atoms with Crippen molar-refractivity contribution in [3.05, 3.63) is 60.0 Å². The Kier molecular flexibility index (Phi) is 5.84. The average Bonchev–Trinajstić information content (AvgIpc) is 3.18. The normalized spacial score (nSPS) is 17.1. The lowest BCUT2D eigenvalue weighted by Gasteiger charge is -2.31. The second kappa shape index (κ2) is 8.68. The predicted molar refractivity (Wildman–Crippen MR) is 113 cm³/mol. The maximum Gasteiger partial charge on any atom is 0.226 e. The second-order valence-electron chi connectivity index (χ2n) is 8.02. The number of hydrogen-bond donors (Lipinski definition) is 0. The van der Waals surface area contributed by atoms with Crippen molar-refractivity contribution in [1.29, 1.82) is 0 Å². The number of ether oxygens (including phenoxy) is 1. The van der Waals surface area contributed by atoms with Gasteiger partial charge in [-0.2, -0.15) is 0 Å². The molecule has 0 radical (unpaired) electrons. The van der Waals surface area contributed by atoms with Gasteiger partial charge in [-0.25, -0.2) is 4.98 Å². The molecule has 152 valence electrons. The number of para-hydroxylation sites is 2. The summed E-state index contributed by atoms with van der Waals surface area (Å²) in [6.07, 6.45) is 2.34. The molecule has 5 nitrogen and oxygen atoms in total. The van der Waals surface area contributed by atoms with Gasteiger partial charge in [0.15, 0.2) is 11.5 Å². The third-order valence-corrected chi connectivity index (χ3v) is 5.57. The van der Waals surface area contributed by atoms with Crippen molar-refractivity contribution in [3.63, 3.8) is 0 Å². The van der Waals surface area contributed by atoms with Crippen molar-refractivity contribution in [1.82, 2.24) is 9.88 Å². The van der Waals surface area contributed by atoms with Crippen LogP contribution < -0.4 is 4.74 Å². The van der Waals surface area contributed by atoms with E-state index >= 15 is 0 Å². The third-order valence-electron chi connectivity index (χ3n) is 5.57. The van der Waals surface area contributed by atoms with Gasteiger partial charge in [0, 0.05) is 13.1 Å². The first-order valence-corrected chi connectivity index (χ1v) is 10.5. The van der Waals surface area contributed by atoms with Crippen LogP contribution in [0.15, 0.2) is 52.9 Å². The predicted octanol–water partition coefficient (Wildman–Crippen LogP) is 5.13. The lowest BCUT2D eigenvalue weighted by molar-refractivity contribution is -0.133. The number of benzene rings is 2. The summed E-state index contributed by atoms with van der Waals surface area (Å²) in [6, 6.07) is 15.9. The molecule has 2 heterocycles. The lowest BCUT2D eigenvalue weighted by atomic mass is 9.98. The number of rotatable bonds is 6. The maximum atomic E-state index is 12.7. The minimum absolute atomic E-state index is 0.129. The van der Waals surface area contributed by atoms with Gasteiger partial charge in [-0.3, -0.25) is 4.79 Å². The van der Waals surface area contributed by atoms with Gasteiger partial charge in [-0.05, 0) is 48.6 Å². The number of aromatic nitrogens is 1. The minimum atomic E-state index is 0.129. The Morgan fingerprint density at radius 1 is 1.21 bits per heavy atom. The van der Waals surface area contributed by atoms with E-state index in [-0.39, 0.29) is 11.8 Å². The number of piperidine rings is 1. The molecule has 1 aliphatic heterocycles. The third kappa shape index (κ3) is 4.61. The molecule has 1 unspecified atom stereocenters. The van der Waals surface area contributed by atoms with E-state index in [1.54, 1.807) is 0 Å². The number of oxazole rings is 1. The number of likely N-dealkylation sites (tertiary alicyclic amines) is 1. The number of carbonyl (C=O) groups excluding carboxylic acids is 1. The molecule has 0 aliphatic carbocycles. The summed E-state index contributed by atoms with van der Waals surface area (Å²) in [4.78, 5) is 19.2. The van der Waals surface area contributed by atoms with Crippen LogP contribution in [-0.4, -0.2) is 35.5 Å². The number of carbonyl (C=O) groups is 1. The molecule has 0 spiro atoms.